The van der Waals surface area contributed by atoms with Crippen LogP contribution < -0.4 is 11.2 Å². The Labute approximate surface area is 163 Å². The van der Waals surface area contributed by atoms with Gasteiger partial charge in [-0.3, -0.25) is 10.2 Å². The largest absolute Gasteiger partial charge is 0.366 e. The van der Waals surface area contributed by atoms with Gasteiger partial charge in [-0.05, 0) is 68.7 Å². The summed E-state index contributed by atoms with van der Waals surface area (Å²) in [7, 11) is 0. The molecule has 0 atom stereocenters. The molecule has 3 rings (SSSR count). The summed E-state index contributed by atoms with van der Waals surface area (Å²) in [6.07, 6.45) is 0. The number of anilines is 2. The Morgan fingerprint density at radius 2 is 1.78 bits per heavy atom. The molecule has 0 aliphatic carbocycles. The molecule has 140 valence electrons. The third-order valence-electron chi connectivity index (χ3n) is 4.37. The van der Waals surface area contributed by atoms with Crippen molar-refractivity contribution in [1.82, 2.24) is 14.5 Å². The second kappa shape index (κ2) is 7.36. The summed E-state index contributed by atoms with van der Waals surface area (Å²) in [5, 5.41) is 4.24. The highest BCUT2D eigenvalue weighted by molar-refractivity contribution is 7.71. The Morgan fingerprint density at radius 3 is 2.41 bits per heavy atom. The second-order valence-electron chi connectivity index (χ2n) is 6.81. The number of benzene rings is 2. The first-order valence-corrected chi connectivity index (χ1v) is 9.07. The summed E-state index contributed by atoms with van der Waals surface area (Å²) in [4.78, 5) is 12.9. The first-order chi connectivity index (χ1) is 12.8. The normalized spacial score (nSPS) is 10.8. The third-order valence-corrected chi connectivity index (χ3v) is 4.77. The van der Waals surface area contributed by atoms with Crippen molar-refractivity contribution in [2.24, 2.45) is 0 Å². The molecule has 0 saturated heterocycles. The van der Waals surface area contributed by atoms with E-state index in [1.54, 1.807) is 0 Å². The minimum atomic E-state index is -0.0405. The van der Waals surface area contributed by atoms with Crippen molar-refractivity contribution in [2.75, 3.05) is 11.2 Å². The van der Waals surface area contributed by atoms with Crippen LogP contribution in [0.1, 0.15) is 32.6 Å². The van der Waals surface area contributed by atoms with E-state index in [-0.39, 0.29) is 18.3 Å². The van der Waals surface area contributed by atoms with Crippen molar-refractivity contribution in [3.8, 4) is 0 Å². The summed E-state index contributed by atoms with van der Waals surface area (Å²) < 4.78 is 3.30. The Bertz CT molecular complexity index is 1060. The second-order valence-corrected chi connectivity index (χ2v) is 7.18. The molecule has 0 amide bonds. The lowest BCUT2D eigenvalue weighted by atomic mass is 9.96. The number of nitrogens with zero attached hydrogens (tertiary/aromatic N) is 3. The van der Waals surface area contributed by atoms with Gasteiger partial charge in [0.2, 0.25) is 10.7 Å². The minimum Gasteiger partial charge on any atom is -0.366 e. The minimum absolute atomic E-state index is 0.0380. The van der Waals surface area contributed by atoms with Gasteiger partial charge < -0.3 is 5.73 Å². The molecule has 6 nitrogen and oxygen atoms in total. The number of Topliss-reactive ketones (excluding diaryl/α,β-unsaturated/α-hetero) is 1. The molecule has 2 aromatic carbocycles. The lowest BCUT2D eigenvalue weighted by Crippen LogP contribution is -2.16. The molecule has 27 heavy (non-hydrogen) atoms. The van der Waals surface area contributed by atoms with E-state index in [1.807, 2.05) is 64.1 Å². The molecule has 0 saturated carbocycles. The van der Waals surface area contributed by atoms with Crippen LogP contribution in [0.25, 0.3) is 0 Å². The van der Waals surface area contributed by atoms with Gasteiger partial charge in [-0.2, -0.15) is 4.68 Å². The van der Waals surface area contributed by atoms with Gasteiger partial charge in [-0.1, -0.05) is 29.8 Å². The maximum absolute atomic E-state index is 12.9. The molecule has 0 unspecified atom stereocenters. The van der Waals surface area contributed by atoms with Crippen molar-refractivity contribution in [3.63, 3.8) is 0 Å². The van der Waals surface area contributed by atoms with E-state index in [0.29, 0.717) is 10.3 Å². The molecule has 3 aromatic rings. The van der Waals surface area contributed by atoms with Crippen molar-refractivity contribution in [3.05, 3.63) is 69.0 Å². The fraction of sp³-hybridized carbons (Fsp3) is 0.250. The van der Waals surface area contributed by atoms with Crippen LogP contribution in [0.4, 0.5) is 11.6 Å². The summed E-state index contributed by atoms with van der Waals surface area (Å²) in [6, 6.07) is 11.8. The average Bonchev–Trinajstić information content (AvgIpc) is 2.81. The number of aromatic nitrogens is 3. The fourth-order valence-corrected chi connectivity index (χ4v) is 3.56. The molecule has 0 fully saturated rings. The van der Waals surface area contributed by atoms with E-state index in [2.05, 4.69) is 10.5 Å². The van der Waals surface area contributed by atoms with Gasteiger partial charge in [0, 0.05) is 5.56 Å². The van der Waals surface area contributed by atoms with Crippen molar-refractivity contribution in [1.29, 1.82) is 0 Å². The third kappa shape index (κ3) is 3.93. The number of rotatable bonds is 5. The number of carbonyl (C=O) groups excluding carboxylic acids is 1. The van der Waals surface area contributed by atoms with Gasteiger partial charge in [0.25, 0.3) is 0 Å². The fourth-order valence-electron chi connectivity index (χ4n) is 3.31. The lowest BCUT2D eigenvalue weighted by molar-refractivity contribution is 0.0966. The topological polar surface area (TPSA) is 77.9 Å². The van der Waals surface area contributed by atoms with Gasteiger partial charge in [0.05, 0.1) is 5.69 Å². The predicted molar refractivity (Wildman–Crippen MR) is 111 cm³/mol. The number of nitrogen functional groups attached to an aromatic ring is 1. The van der Waals surface area contributed by atoms with Gasteiger partial charge in [-0.25, -0.2) is 4.68 Å². The van der Waals surface area contributed by atoms with Crippen LogP contribution in [0, 0.1) is 32.5 Å². The molecule has 1 heterocycles. The van der Waals surface area contributed by atoms with Crippen LogP contribution in [-0.4, -0.2) is 20.2 Å². The lowest BCUT2D eigenvalue weighted by Gasteiger charge is -2.10. The first kappa shape index (κ1) is 18.8. The van der Waals surface area contributed by atoms with Gasteiger partial charge in [0.1, 0.15) is 6.54 Å². The van der Waals surface area contributed by atoms with Crippen molar-refractivity contribution in [2.45, 2.75) is 34.2 Å². The van der Waals surface area contributed by atoms with Crippen molar-refractivity contribution >= 4 is 29.6 Å². The summed E-state index contributed by atoms with van der Waals surface area (Å²) in [5.74, 6) is 0.160. The van der Waals surface area contributed by atoms with E-state index < -0.39 is 0 Å². The summed E-state index contributed by atoms with van der Waals surface area (Å²) in [5.41, 5.74) is 14.9. The zero-order valence-corrected chi connectivity index (χ0v) is 16.7. The van der Waals surface area contributed by atoms with Crippen LogP contribution in [0.15, 0.2) is 36.4 Å². The molecule has 0 aliphatic heterocycles. The van der Waals surface area contributed by atoms with Crippen LogP contribution in [0.3, 0.4) is 0 Å². The maximum Gasteiger partial charge on any atom is 0.240 e. The van der Waals surface area contributed by atoms with Crippen LogP contribution in [0.2, 0.25) is 0 Å². The van der Waals surface area contributed by atoms with Gasteiger partial charge in [-0.15, -0.1) is 5.10 Å². The predicted octanol–water partition coefficient (Wildman–Crippen LogP) is 3.99. The molecule has 0 aliphatic rings. The number of hydrogen-bond donors (Lipinski definition) is 2. The van der Waals surface area contributed by atoms with E-state index in [0.717, 1.165) is 27.9 Å². The van der Waals surface area contributed by atoms with E-state index in [1.165, 1.54) is 9.36 Å². The number of hydrogen-bond acceptors (Lipinski definition) is 5. The molecule has 0 radical (unpaired) electrons. The Kier molecular flexibility index (Phi) is 5.14. The van der Waals surface area contributed by atoms with E-state index in [4.69, 9.17) is 18.0 Å². The highest BCUT2D eigenvalue weighted by atomic mass is 32.1. The number of nitrogens with two attached hydrogens (primary N) is 1. The van der Waals surface area contributed by atoms with E-state index >= 15 is 0 Å². The molecule has 7 heteroatoms. The molecule has 3 N–H and O–H groups in total. The zero-order valence-electron chi connectivity index (χ0n) is 15.9. The smallest absolute Gasteiger partial charge is 0.240 e. The molecule has 1 aromatic heterocycles. The number of nitrogens with one attached hydrogen (secondary N) is 1. The Morgan fingerprint density at radius 1 is 1.11 bits per heavy atom. The summed E-state index contributed by atoms with van der Waals surface area (Å²) in [6.45, 7) is 7.94. The quantitative estimate of drug-likeness (QED) is 0.516. The molecular weight excluding hydrogens is 358 g/mol. The highest BCUT2D eigenvalue weighted by Crippen LogP contribution is 2.18. The summed E-state index contributed by atoms with van der Waals surface area (Å²) >= 11 is 5.47. The average molecular weight is 382 g/mol. The highest BCUT2D eigenvalue weighted by Gasteiger charge is 2.16. The van der Waals surface area contributed by atoms with Crippen LogP contribution in [0.5, 0.6) is 0 Å². The first-order valence-electron chi connectivity index (χ1n) is 8.66. The van der Waals surface area contributed by atoms with Gasteiger partial charge in [0.15, 0.2) is 5.78 Å². The number of carbonyl (C=O) groups is 1. The van der Waals surface area contributed by atoms with Crippen molar-refractivity contribution < 1.29 is 4.79 Å². The van der Waals surface area contributed by atoms with Crippen LogP contribution in [-0.2, 0) is 6.54 Å². The zero-order chi connectivity index (χ0) is 19.7. The maximum atomic E-state index is 12.9. The Hall–Kier alpha value is -2.93. The molecule has 0 spiro atoms. The Balaban J connectivity index is 1.89. The van der Waals surface area contributed by atoms with Crippen LogP contribution >= 0.6 is 12.2 Å². The number of aryl methyl sites for hydroxylation is 4. The standard InChI is InChI=1S/C20H23N5OS/c1-12-6-5-7-16(10-12)22-25-19(21)23-24(20(25)27)11-17(26)18-14(3)8-13(2)9-15(18)4/h5-10,22H,11H2,1-4H3,(H2,21,23). The molecular formula is C20H23N5OS. The van der Waals surface area contributed by atoms with E-state index in [9.17, 15) is 4.79 Å². The van der Waals surface area contributed by atoms with Gasteiger partial charge >= 0.3 is 0 Å². The number of ketones is 1. The monoisotopic (exact) mass is 381 g/mol. The SMILES string of the molecule is Cc1cccc(Nn2c(N)nn(CC(=O)c3c(C)cc(C)cc3C)c2=S)c1. The molecule has 0 bridgehead atoms.